The van der Waals surface area contributed by atoms with Crippen LogP contribution in [-0.4, -0.2) is 44.2 Å². The van der Waals surface area contributed by atoms with Crippen molar-refractivity contribution in [1.82, 2.24) is 14.5 Å². The summed E-state index contributed by atoms with van der Waals surface area (Å²) < 4.78 is 1.52. The molecule has 1 aliphatic rings. The van der Waals surface area contributed by atoms with Gasteiger partial charge in [0.1, 0.15) is 4.83 Å². The molecular formula is C24H29N3O3S. The molecule has 1 N–H and O–H groups in total. The normalized spacial score (nSPS) is 17.1. The topological polar surface area (TPSA) is 75.4 Å². The molecule has 1 saturated heterocycles. The van der Waals surface area contributed by atoms with Crippen LogP contribution in [0, 0.1) is 20.8 Å². The Labute approximate surface area is 186 Å². The molecule has 0 spiro atoms. The molecule has 1 fully saturated rings. The van der Waals surface area contributed by atoms with Crippen molar-refractivity contribution in [3.8, 4) is 0 Å². The molecule has 7 heteroatoms. The zero-order chi connectivity index (χ0) is 22.3. The molecule has 0 bridgehead atoms. The Morgan fingerprint density at radius 1 is 1.19 bits per heavy atom. The number of likely N-dealkylation sites (tertiary alicyclic amines) is 1. The SMILES string of the molecule is Cc1ccc(C(C)C(=O)N2CCC(O)(Cn3cnc4sc(C)c(C)c4c3=O)CC2)cc1. The molecule has 1 unspecified atom stereocenters. The first-order valence-corrected chi connectivity index (χ1v) is 11.5. The predicted octanol–water partition coefficient (Wildman–Crippen LogP) is 3.54. The molecule has 1 atom stereocenters. The largest absolute Gasteiger partial charge is 0.388 e. The van der Waals surface area contributed by atoms with Crippen molar-refractivity contribution < 1.29 is 9.90 Å². The van der Waals surface area contributed by atoms with E-state index < -0.39 is 5.60 Å². The summed E-state index contributed by atoms with van der Waals surface area (Å²) in [5, 5.41) is 11.8. The monoisotopic (exact) mass is 439 g/mol. The Hall–Kier alpha value is -2.51. The summed E-state index contributed by atoms with van der Waals surface area (Å²) in [7, 11) is 0. The van der Waals surface area contributed by atoms with Crippen molar-refractivity contribution in [2.45, 2.75) is 58.6 Å². The van der Waals surface area contributed by atoms with Crippen molar-refractivity contribution in [2.75, 3.05) is 13.1 Å². The minimum atomic E-state index is -1.03. The molecule has 4 rings (SSSR count). The molecule has 2 aromatic heterocycles. The van der Waals surface area contributed by atoms with Crippen LogP contribution in [0.15, 0.2) is 35.4 Å². The third-order valence-electron chi connectivity index (χ3n) is 6.57. The van der Waals surface area contributed by atoms with Gasteiger partial charge in [0.2, 0.25) is 5.91 Å². The van der Waals surface area contributed by atoms with E-state index >= 15 is 0 Å². The molecule has 1 aromatic carbocycles. The summed E-state index contributed by atoms with van der Waals surface area (Å²) >= 11 is 1.52. The average Bonchev–Trinajstić information content (AvgIpc) is 3.04. The van der Waals surface area contributed by atoms with Gasteiger partial charge in [-0.2, -0.15) is 0 Å². The maximum atomic E-state index is 13.0. The quantitative estimate of drug-likeness (QED) is 0.675. The van der Waals surface area contributed by atoms with Gasteiger partial charge in [-0.25, -0.2) is 4.98 Å². The number of carbonyl (C=O) groups excluding carboxylic acids is 1. The molecule has 1 amide bonds. The lowest BCUT2D eigenvalue weighted by atomic mass is 9.89. The first-order chi connectivity index (χ1) is 14.7. The Balaban J connectivity index is 1.45. The lowest BCUT2D eigenvalue weighted by Crippen LogP contribution is -2.50. The van der Waals surface area contributed by atoms with Gasteiger partial charge < -0.3 is 10.0 Å². The minimum absolute atomic E-state index is 0.0792. The van der Waals surface area contributed by atoms with Crippen molar-refractivity contribution >= 4 is 27.5 Å². The second-order valence-electron chi connectivity index (χ2n) is 8.82. The Morgan fingerprint density at radius 2 is 1.84 bits per heavy atom. The van der Waals surface area contributed by atoms with Crippen LogP contribution >= 0.6 is 11.3 Å². The van der Waals surface area contributed by atoms with Crippen molar-refractivity contribution in [2.24, 2.45) is 0 Å². The van der Waals surface area contributed by atoms with E-state index in [9.17, 15) is 14.7 Å². The Morgan fingerprint density at radius 3 is 2.48 bits per heavy atom. The van der Waals surface area contributed by atoms with Crippen molar-refractivity contribution in [3.63, 3.8) is 0 Å². The maximum Gasteiger partial charge on any atom is 0.262 e. The van der Waals surface area contributed by atoms with E-state index in [2.05, 4.69) is 4.98 Å². The van der Waals surface area contributed by atoms with Crippen LogP contribution < -0.4 is 5.56 Å². The van der Waals surface area contributed by atoms with Gasteiger partial charge in [0, 0.05) is 18.0 Å². The van der Waals surface area contributed by atoms with E-state index in [1.807, 2.05) is 56.9 Å². The van der Waals surface area contributed by atoms with Gasteiger partial charge in [0.15, 0.2) is 0 Å². The fourth-order valence-electron chi connectivity index (χ4n) is 4.27. The molecule has 3 aromatic rings. The van der Waals surface area contributed by atoms with E-state index in [1.165, 1.54) is 27.8 Å². The highest BCUT2D eigenvalue weighted by molar-refractivity contribution is 7.18. The third-order valence-corrected chi connectivity index (χ3v) is 7.69. The number of fused-ring (bicyclic) bond motifs is 1. The molecule has 3 heterocycles. The first-order valence-electron chi connectivity index (χ1n) is 10.7. The molecular weight excluding hydrogens is 410 g/mol. The standard InChI is InChI=1S/C24H29N3O3S/c1-15-5-7-19(8-6-15)17(3)22(28)26-11-9-24(30,10-12-26)13-27-14-25-21-20(23(27)29)16(2)18(4)31-21/h5-8,14,17,30H,9-13H2,1-4H3. The number of hydrogen-bond donors (Lipinski definition) is 1. The number of carbonyl (C=O) groups is 1. The fraction of sp³-hybridized carbons (Fsp3) is 0.458. The number of nitrogens with zero attached hydrogens (tertiary/aromatic N) is 3. The summed E-state index contributed by atoms with van der Waals surface area (Å²) in [6, 6.07) is 8.05. The molecule has 31 heavy (non-hydrogen) atoms. The summed E-state index contributed by atoms with van der Waals surface area (Å²) in [5.74, 6) is -0.138. The van der Waals surface area contributed by atoms with E-state index in [-0.39, 0.29) is 23.9 Å². The van der Waals surface area contributed by atoms with Crippen molar-refractivity contribution in [1.29, 1.82) is 0 Å². The molecule has 1 aliphatic heterocycles. The zero-order valence-electron chi connectivity index (χ0n) is 18.5. The zero-order valence-corrected chi connectivity index (χ0v) is 19.3. The summed E-state index contributed by atoms with van der Waals surface area (Å²) in [4.78, 5) is 34.0. The molecule has 0 saturated carbocycles. The molecule has 164 valence electrons. The number of benzene rings is 1. The molecule has 0 aliphatic carbocycles. The first kappa shape index (κ1) is 21.7. The third kappa shape index (κ3) is 4.16. The van der Waals surface area contributed by atoms with Gasteiger partial charge >= 0.3 is 0 Å². The van der Waals surface area contributed by atoms with Gasteiger partial charge in [-0.15, -0.1) is 11.3 Å². The lowest BCUT2D eigenvalue weighted by Gasteiger charge is -2.39. The van der Waals surface area contributed by atoms with Crippen LogP contribution in [0.2, 0.25) is 0 Å². The summed E-state index contributed by atoms with van der Waals surface area (Å²) in [6.07, 6.45) is 2.41. The minimum Gasteiger partial charge on any atom is -0.388 e. The van der Waals surface area contributed by atoms with E-state index in [0.717, 1.165) is 20.8 Å². The number of aromatic nitrogens is 2. The average molecular weight is 440 g/mol. The number of thiophene rings is 1. The van der Waals surface area contributed by atoms with Crippen LogP contribution in [0.1, 0.15) is 47.3 Å². The van der Waals surface area contributed by atoms with E-state index in [0.29, 0.717) is 31.3 Å². The second-order valence-corrected chi connectivity index (χ2v) is 10.0. The number of aliphatic hydroxyl groups is 1. The number of rotatable bonds is 4. The van der Waals surface area contributed by atoms with Gasteiger partial charge in [0.05, 0.1) is 29.8 Å². The summed E-state index contributed by atoms with van der Waals surface area (Å²) in [5.41, 5.74) is 2.00. The summed E-state index contributed by atoms with van der Waals surface area (Å²) in [6.45, 7) is 9.04. The Kier molecular flexibility index (Phi) is 5.75. The van der Waals surface area contributed by atoms with Crippen LogP contribution in [-0.2, 0) is 11.3 Å². The van der Waals surface area contributed by atoms with Crippen LogP contribution in [0.3, 0.4) is 0 Å². The van der Waals surface area contributed by atoms with Crippen LogP contribution in [0.4, 0.5) is 0 Å². The highest BCUT2D eigenvalue weighted by Gasteiger charge is 2.36. The number of piperidine rings is 1. The van der Waals surface area contributed by atoms with E-state index in [1.54, 1.807) is 0 Å². The fourth-order valence-corrected chi connectivity index (χ4v) is 5.26. The van der Waals surface area contributed by atoms with Gasteiger partial charge in [-0.1, -0.05) is 29.8 Å². The van der Waals surface area contributed by atoms with Crippen molar-refractivity contribution in [3.05, 3.63) is 62.5 Å². The number of amides is 1. The lowest BCUT2D eigenvalue weighted by molar-refractivity contribution is -0.137. The van der Waals surface area contributed by atoms with Gasteiger partial charge in [0.25, 0.3) is 5.56 Å². The van der Waals surface area contributed by atoms with Gasteiger partial charge in [-0.05, 0) is 51.7 Å². The number of aryl methyl sites for hydroxylation is 3. The second kappa shape index (κ2) is 8.20. The van der Waals surface area contributed by atoms with Crippen LogP contribution in [0.25, 0.3) is 10.2 Å². The van der Waals surface area contributed by atoms with E-state index in [4.69, 9.17) is 0 Å². The highest BCUT2D eigenvalue weighted by atomic mass is 32.1. The van der Waals surface area contributed by atoms with Crippen LogP contribution in [0.5, 0.6) is 0 Å². The Bertz CT molecular complexity index is 1170. The molecule has 6 nitrogen and oxygen atoms in total. The maximum absolute atomic E-state index is 13.0. The molecule has 0 radical (unpaired) electrons. The van der Waals surface area contributed by atoms with Gasteiger partial charge in [-0.3, -0.25) is 14.2 Å². The predicted molar refractivity (Wildman–Crippen MR) is 124 cm³/mol. The highest BCUT2D eigenvalue weighted by Crippen LogP contribution is 2.28. The number of hydrogen-bond acceptors (Lipinski definition) is 5. The smallest absolute Gasteiger partial charge is 0.262 e.